The third kappa shape index (κ3) is 4.37. The largest absolute Gasteiger partial charge is 0.493 e. The first-order valence-electron chi connectivity index (χ1n) is 6.94. The number of hydrogen-bond donors (Lipinski definition) is 0. The monoisotopic (exact) mass is 375 g/mol. The maximum atomic E-state index is 9.44. The molecular weight excluding hydrogens is 362 g/mol. The number of ether oxygens (including phenoxy) is 1. The van der Waals surface area contributed by atoms with Crippen molar-refractivity contribution in [2.45, 2.75) is 13.3 Å². The Kier molecular flexibility index (Phi) is 6.06. The van der Waals surface area contributed by atoms with Crippen LogP contribution in [0, 0.1) is 11.3 Å². The van der Waals surface area contributed by atoms with Gasteiger partial charge in [0, 0.05) is 15.1 Å². The minimum absolute atomic E-state index is 0.566. The van der Waals surface area contributed by atoms with Gasteiger partial charge in [-0.05, 0) is 48.4 Å². The fourth-order valence-electron chi connectivity index (χ4n) is 1.94. The summed E-state index contributed by atoms with van der Waals surface area (Å²) in [6.07, 6.45) is 2.73. The minimum Gasteiger partial charge on any atom is -0.493 e. The highest BCUT2D eigenvalue weighted by molar-refractivity contribution is 9.10. The minimum atomic E-state index is 0.566. The Hall–Kier alpha value is -1.76. The van der Waals surface area contributed by atoms with Crippen molar-refractivity contribution < 1.29 is 4.74 Å². The van der Waals surface area contributed by atoms with Gasteiger partial charge < -0.3 is 4.74 Å². The molecule has 0 spiro atoms. The number of allylic oxidation sites excluding steroid dienone is 1. The second kappa shape index (κ2) is 8.03. The maximum absolute atomic E-state index is 9.44. The predicted molar refractivity (Wildman–Crippen MR) is 94.9 cm³/mol. The van der Waals surface area contributed by atoms with E-state index in [0.717, 1.165) is 27.8 Å². The molecule has 112 valence electrons. The van der Waals surface area contributed by atoms with Crippen molar-refractivity contribution >= 4 is 39.2 Å². The van der Waals surface area contributed by atoms with Crippen LogP contribution >= 0.6 is 27.5 Å². The van der Waals surface area contributed by atoms with E-state index in [9.17, 15) is 5.26 Å². The van der Waals surface area contributed by atoms with Gasteiger partial charge in [-0.2, -0.15) is 5.26 Å². The Balaban J connectivity index is 2.42. The van der Waals surface area contributed by atoms with Gasteiger partial charge in [0.05, 0.1) is 18.2 Å². The van der Waals surface area contributed by atoms with Crippen LogP contribution in [0.25, 0.3) is 11.6 Å². The lowest BCUT2D eigenvalue weighted by Gasteiger charge is -2.09. The summed E-state index contributed by atoms with van der Waals surface area (Å²) in [6.45, 7) is 2.68. The molecule has 0 saturated carbocycles. The first-order valence-corrected chi connectivity index (χ1v) is 8.11. The molecule has 2 aromatic rings. The fourth-order valence-corrected chi connectivity index (χ4v) is 2.39. The van der Waals surface area contributed by atoms with E-state index < -0.39 is 0 Å². The molecule has 4 heteroatoms. The van der Waals surface area contributed by atoms with Crippen LogP contribution < -0.4 is 4.74 Å². The molecular formula is C18H15BrClNO. The van der Waals surface area contributed by atoms with Gasteiger partial charge in [-0.1, -0.05) is 46.6 Å². The van der Waals surface area contributed by atoms with Crippen LogP contribution in [0.5, 0.6) is 5.75 Å². The molecule has 0 radical (unpaired) electrons. The van der Waals surface area contributed by atoms with E-state index in [2.05, 4.69) is 22.0 Å². The van der Waals surface area contributed by atoms with Crippen molar-refractivity contribution in [3.63, 3.8) is 0 Å². The van der Waals surface area contributed by atoms with Gasteiger partial charge in [0.15, 0.2) is 0 Å². The summed E-state index contributed by atoms with van der Waals surface area (Å²) in [5, 5.41) is 10.1. The molecule has 0 unspecified atom stereocenters. The van der Waals surface area contributed by atoms with E-state index in [0.29, 0.717) is 17.2 Å². The number of halogens is 2. The van der Waals surface area contributed by atoms with Gasteiger partial charge in [-0.25, -0.2) is 0 Å². The SMILES string of the molecule is CCCOc1ccc(Cl)cc1/C=C(\C#N)c1ccc(Br)cc1. The van der Waals surface area contributed by atoms with Gasteiger partial charge in [0.1, 0.15) is 5.75 Å². The van der Waals surface area contributed by atoms with Crippen molar-refractivity contribution in [2.24, 2.45) is 0 Å². The van der Waals surface area contributed by atoms with Gasteiger partial charge >= 0.3 is 0 Å². The molecule has 2 nitrogen and oxygen atoms in total. The smallest absolute Gasteiger partial charge is 0.126 e. The van der Waals surface area contributed by atoms with Crippen LogP contribution in [-0.2, 0) is 0 Å². The molecule has 2 aromatic carbocycles. The van der Waals surface area contributed by atoms with Gasteiger partial charge in [0.2, 0.25) is 0 Å². The topological polar surface area (TPSA) is 33.0 Å². The molecule has 0 amide bonds. The first-order chi connectivity index (χ1) is 10.6. The van der Waals surface area contributed by atoms with Crippen LogP contribution in [0.15, 0.2) is 46.9 Å². The van der Waals surface area contributed by atoms with Crippen molar-refractivity contribution in [3.05, 3.63) is 63.1 Å². The highest BCUT2D eigenvalue weighted by Gasteiger charge is 2.06. The normalized spacial score (nSPS) is 11.1. The third-order valence-corrected chi connectivity index (χ3v) is 3.77. The molecule has 0 aliphatic rings. The highest BCUT2D eigenvalue weighted by atomic mass is 79.9. The average Bonchev–Trinajstić information content (AvgIpc) is 2.53. The summed E-state index contributed by atoms with van der Waals surface area (Å²) >= 11 is 9.46. The zero-order chi connectivity index (χ0) is 15.9. The Bertz CT molecular complexity index is 717. The van der Waals surface area contributed by atoms with Crippen molar-refractivity contribution in [1.29, 1.82) is 5.26 Å². The standard InChI is InChI=1S/C18H15BrClNO/c1-2-9-22-18-8-7-17(20)11-14(18)10-15(12-21)13-3-5-16(19)6-4-13/h3-8,10-11H,2,9H2,1H3/b15-10+. The van der Waals surface area contributed by atoms with E-state index in [1.54, 1.807) is 12.1 Å². The van der Waals surface area contributed by atoms with E-state index in [1.807, 2.05) is 43.3 Å². The molecule has 0 heterocycles. The highest BCUT2D eigenvalue weighted by Crippen LogP contribution is 2.28. The zero-order valence-corrected chi connectivity index (χ0v) is 14.5. The van der Waals surface area contributed by atoms with Gasteiger partial charge in [-0.15, -0.1) is 0 Å². The molecule has 0 fully saturated rings. The Morgan fingerprint density at radius 3 is 2.64 bits per heavy atom. The Morgan fingerprint density at radius 1 is 1.27 bits per heavy atom. The molecule has 0 saturated heterocycles. The zero-order valence-electron chi connectivity index (χ0n) is 12.1. The number of nitrogens with zero attached hydrogens (tertiary/aromatic N) is 1. The van der Waals surface area contributed by atoms with Gasteiger partial charge in [-0.3, -0.25) is 0 Å². The Morgan fingerprint density at radius 2 is 2.00 bits per heavy atom. The van der Waals surface area contributed by atoms with Crippen LogP contribution in [0.2, 0.25) is 5.02 Å². The molecule has 0 atom stereocenters. The lowest BCUT2D eigenvalue weighted by Crippen LogP contribution is -1.97. The lowest BCUT2D eigenvalue weighted by molar-refractivity contribution is 0.317. The van der Waals surface area contributed by atoms with Crippen molar-refractivity contribution in [3.8, 4) is 11.8 Å². The van der Waals surface area contributed by atoms with Crippen LogP contribution in [-0.4, -0.2) is 6.61 Å². The van der Waals surface area contributed by atoms with E-state index >= 15 is 0 Å². The summed E-state index contributed by atoms with van der Waals surface area (Å²) in [5.74, 6) is 0.733. The number of rotatable bonds is 5. The van der Waals surface area contributed by atoms with Crippen LogP contribution in [0.3, 0.4) is 0 Å². The summed E-state index contributed by atoms with van der Waals surface area (Å²) in [4.78, 5) is 0. The molecule has 2 rings (SSSR count). The molecule has 0 bridgehead atoms. The van der Waals surface area contributed by atoms with E-state index in [4.69, 9.17) is 16.3 Å². The second-order valence-corrected chi connectivity index (χ2v) is 6.06. The molecule has 0 aromatic heterocycles. The van der Waals surface area contributed by atoms with Crippen molar-refractivity contribution in [1.82, 2.24) is 0 Å². The average molecular weight is 377 g/mol. The summed E-state index contributed by atoms with van der Waals surface area (Å²) in [6, 6.07) is 15.3. The quantitative estimate of drug-likeness (QED) is 0.477. The predicted octanol–water partition coefficient (Wildman–Crippen LogP) is 5.96. The number of hydrogen-bond acceptors (Lipinski definition) is 2. The van der Waals surface area contributed by atoms with Gasteiger partial charge in [0.25, 0.3) is 0 Å². The number of benzene rings is 2. The van der Waals surface area contributed by atoms with Crippen LogP contribution in [0.1, 0.15) is 24.5 Å². The molecule has 22 heavy (non-hydrogen) atoms. The van der Waals surface area contributed by atoms with Crippen molar-refractivity contribution in [2.75, 3.05) is 6.61 Å². The Labute approximate surface area is 144 Å². The van der Waals surface area contributed by atoms with Crippen LogP contribution in [0.4, 0.5) is 0 Å². The summed E-state index contributed by atoms with van der Waals surface area (Å²) in [5.41, 5.74) is 2.23. The second-order valence-electron chi connectivity index (χ2n) is 4.71. The maximum Gasteiger partial charge on any atom is 0.126 e. The fraction of sp³-hybridized carbons (Fsp3) is 0.167. The lowest BCUT2D eigenvalue weighted by atomic mass is 10.0. The molecule has 0 aliphatic carbocycles. The first kappa shape index (κ1) is 16.6. The van der Waals surface area contributed by atoms with E-state index in [1.165, 1.54) is 0 Å². The summed E-state index contributed by atoms with van der Waals surface area (Å²) in [7, 11) is 0. The van der Waals surface area contributed by atoms with E-state index in [-0.39, 0.29) is 0 Å². The molecule has 0 aliphatic heterocycles. The number of nitriles is 1. The third-order valence-electron chi connectivity index (χ3n) is 3.01. The molecule has 0 N–H and O–H groups in total. The summed E-state index contributed by atoms with van der Waals surface area (Å²) < 4.78 is 6.70.